The van der Waals surface area contributed by atoms with Crippen LogP contribution < -0.4 is 24.8 Å². The molecular weight excluding hydrogens is 1260 g/mol. The van der Waals surface area contributed by atoms with Crippen molar-refractivity contribution in [2.24, 2.45) is 11.8 Å². The second-order valence-electron chi connectivity index (χ2n) is 23.3. The molecular formula is C84H92Cl2Zr2-2. The Hall–Kier alpha value is -5.45. The van der Waals surface area contributed by atoms with Gasteiger partial charge in [-0.1, -0.05) is 188 Å². The van der Waals surface area contributed by atoms with Crippen LogP contribution >= 0.6 is 0 Å². The van der Waals surface area contributed by atoms with Gasteiger partial charge in [-0.25, -0.2) is 12.2 Å². The van der Waals surface area contributed by atoms with Crippen molar-refractivity contribution in [2.45, 2.75) is 146 Å². The molecule has 10 aromatic carbocycles. The van der Waals surface area contributed by atoms with Crippen LogP contribution in [0.2, 0.25) is 0 Å². The fraction of sp³-hybridized carbons (Fsp3) is 0.286. The van der Waals surface area contributed by atoms with Crippen LogP contribution in [-0.4, -0.2) is 6.41 Å². The Bertz CT molecular complexity index is 3400. The van der Waals surface area contributed by atoms with E-state index in [-0.39, 0.29) is 24.8 Å². The molecule has 0 spiro atoms. The molecule has 0 fully saturated rings. The number of hydrogen-bond acceptors (Lipinski definition) is 0. The third-order valence-electron chi connectivity index (χ3n) is 16.1. The van der Waals surface area contributed by atoms with E-state index in [1.54, 1.807) is 22.3 Å². The summed E-state index contributed by atoms with van der Waals surface area (Å²) in [5.74, 6) is 1.31. The number of rotatable bonds is 16. The van der Waals surface area contributed by atoms with E-state index in [1.807, 2.05) is 0 Å². The normalized spacial score (nSPS) is 13.7. The zero-order valence-electron chi connectivity index (χ0n) is 54.2. The molecule has 0 N–H and O–H groups in total. The number of allylic oxidation sites excluding steroid dienone is 8. The van der Waals surface area contributed by atoms with Crippen LogP contribution in [0.5, 0.6) is 0 Å². The molecule has 0 heterocycles. The molecule has 0 aromatic heterocycles. The number of hydrogen-bond donors (Lipinski definition) is 0. The molecule has 2 aliphatic rings. The molecule has 4 heteroatoms. The second kappa shape index (κ2) is 38.9. The van der Waals surface area contributed by atoms with E-state index >= 15 is 0 Å². The van der Waals surface area contributed by atoms with Gasteiger partial charge in [0, 0.05) is 0 Å². The Morgan fingerprint density at radius 1 is 0.341 bits per heavy atom. The summed E-state index contributed by atoms with van der Waals surface area (Å²) < 4.78 is 2.83. The molecule has 452 valence electrons. The summed E-state index contributed by atoms with van der Waals surface area (Å²) in [5.41, 5.74) is 17.2. The van der Waals surface area contributed by atoms with Gasteiger partial charge < -0.3 is 24.8 Å². The van der Waals surface area contributed by atoms with Gasteiger partial charge in [0.15, 0.2) is 0 Å². The van der Waals surface area contributed by atoms with E-state index in [9.17, 15) is 0 Å². The fourth-order valence-electron chi connectivity index (χ4n) is 11.8. The van der Waals surface area contributed by atoms with Gasteiger partial charge in [-0.05, 0) is 40.5 Å². The van der Waals surface area contributed by atoms with E-state index in [4.69, 9.17) is 0 Å². The van der Waals surface area contributed by atoms with Crippen molar-refractivity contribution in [1.82, 2.24) is 0 Å². The predicted octanol–water partition coefficient (Wildman–Crippen LogP) is 17.6. The molecule has 0 amide bonds. The van der Waals surface area contributed by atoms with Crippen molar-refractivity contribution in [1.29, 1.82) is 0 Å². The third kappa shape index (κ3) is 21.3. The molecule has 0 nitrogen and oxygen atoms in total. The zero-order valence-corrected chi connectivity index (χ0v) is 60.6. The molecule has 10 aromatic rings. The molecule has 0 saturated heterocycles. The van der Waals surface area contributed by atoms with Gasteiger partial charge in [-0.3, -0.25) is 12.2 Å². The Labute approximate surface area is 573 Å². The molecule has 0 aliphatic heterocycles. The number of aryl methyl sites for hydroxylation is 4. The van der Waals surface area contributed by atoms with E-state index in [0.717, 1.165) is 0 Å². The summed E-state index contributed by atoms with van der Waals surface area (Å²) in [6.45, 7) is 22.2. The van der Waals surface area contributed by atoms with Crippen LogP contribution in [0, 0.1) is 51.7 Å². The Morgan fingerprint density at radius 3 is 0.818 bits per heavy atom. The van der Waals surface area contributed by atoms with Crippen molar-refractivity contribution in [3.05, 3.63) is 297 Å². The maximum atomic E-state index is 3.53. The Morgan fingerprint density at radius 2 is 0.591 bits per heavy atom. The first-order valence-electron chi connectivity index (χ1n) is 32.0. The molecule has 0 radical (unpaired) electrons. The van der Waals surface area contributed by atoms with Crippen molar-refractivity contribution in [3.63, 3.8) is 0 Å². The van der Waals surface area contributed by atoms with Gasteiger partial charge in [0.25, 0.3) is 0 Å². The summed E-state index contributed by atoms with van der Waals surface area (Å²) in [6.07, 6.45) is 26.9. The topological polar surface area (TPSA) is 0 Å². The Kier molecular flexibility index (Phi) is 32.4. The predicted molar refractivity (Wildman–Crippen MR) is 371 cm³/mol. The summed E-state index contributed by atoms with van der Waals surface area (Å²) >= 11 is 2.92. The molecule has 2 unspecified atom stereocenters. The standard InChI is InChI=1S/2C15H13.2C14H23.2C13H10.2ClH.2Zr/c2*1-10-3-5-14-12(7-10)9-13-8-11(2)4-6-15(13)14;2*1-4-7-12-10-11-13(8-5-2)14(12)9-6-3;2*1-3-7-12(8-4-1)11-13-9-5-2-6-10-13;;;;/h2*3-9H,1-2H3;2*10,13H,4-9H2,1-3H3;2*1-10H;2*1H;;/q4*-1;;;;;2*+2/p-2. The van der Waals surface area contributed by atoms with E-state index in [2.05, 4.69) is 300 Å². The third-order valence-corrected chi connectivity index (χ3v) is 18.9. The van der Waals surface area contributed by atoms with Crippen molar-refractivity contribution < 1.29 is 73.3 Å². The fourth-order valence-corrected chi connectivity index (χ4v) is 13.5. The molecule has 2 aliphatic carbocycles. The number of fused-ring (bicyclic) bond motifs is 6. The van der Waals surface area contributed by atoms with E-state index in [1.165, 1.54) is 220 Å². The molecule has 2 atom stereocenters. The Balaban J connectivity index is 0.000000192. The van der Waals surface area contributed by atoms with Crippen LogP contribution in [0.25, 0.3) is 43.1 Å². The summed E-state index contributed by atoms with van der Waals surface area (Å²) in [7, 11) is 0. The monoisotopic (exact) mass is 1350 g/mol. The van der Waals surface area contributed by atoms with Gasteiger partial charge in [-0.15, -0.1) is 79.5 Å². The zero-order chi connectivity index (χ0) is 61.2. The summed E-state index contributed by atoms with van der Waals surface area (Å²) in [4.78, 5) is 0. The summed E-state index contributed by atoms with van der Waals surface area (Å²) in [6, 6.07) is 73.4. The quantitative estimate of drug-likeness (QED) is 0.0846. The van der Waals surface area contributed by atoms with Gasteiger partial charge in [0.2, 0.25) is 0 Å². The van der Waals surface area contributed by atoms with Crippen LogP contribution in [0.1, 0.15) is 163 Å². The first-order valence-corrected chi connectivity index (χ1v) is 34.5. The van der Waals surface area contributed by atoms with Gasteiger partial charge in [0.05, 0.1) is 0 Å². The molecule has 12 rings (SSSR count). The minimum absolute atomic E-state index is 0. The van der Waals surface area contributed by atoms with Crippen molar-refractivity contribution >= 4 is 49.5 Å². The minimum atomic E-state index is 0. The second-order valence-corrected chi connectivity index (χ2v) is 25.7. The molecule has 88 heavy (non-hydrogen) atoms. The first-order chi connectivity index (χ1) is 41.9. The maximum absolute atomic E-state index is 3.53. The van der Waals surface area contributed by atoms with Crippen LogP contribution in [0.4, 0.5) is 0 Å². The van der Waals surface area contributed by atoms with Crippen LogP contribution in [-0.2, 0) is 48.5 Å². The number of benzene rings is 8. The average Bonchev–Trinajstić information content (AvgIpc) is 2.15. The average molecular weight is 1360 g/mol. The van der Waals surface area contributed by atoms with Gasteiger partial charge >= 0.3 is 198 Å². The molecule has 0 saturated carbocycles. The number of halogens is 2. The first kappa shape index (κ1) is 73.3. The van der Waals surface area contributed by atoms with Crippen LogP contribution in [0.15, 0.2) is 241 Å². The van der Waals surface area contributed by atoms with Crippen molar-refractivity contribution in [3.8, 4) is 0 Å². The van der Waals surface area contributed by atoms with Gasteiger partial charge in [0.1, 0.15) is 0 Å². The van der Waals surface area contributed by atoms with E-state index in [0.29, 0.717) is 11.8 Å². The summed E-state index contributed by atoms with van der Waals surface area (Å²) in [5, 5.41) is 10.9. The van der Waals surface area contributed by atoms with Crippen LogP contribution in [0.3, 0.4) is 0 Å². The molecule has 0 bridgehead atoms. The van der Waals surface area contributed by atoms with E-state index < -0.39 is 0 Å². The SMILES string of the molecule is CCCC1=C(CCC)C(CCC)[C-]=C1.CCCC1=C(CCC)C(CCC)[C-]=C1.Cc1ccc2c(c1)[cH-]c1cc(C)ccc12.Cc1ccc2c(c1)[cH-]c1cc(C)ccc12.[Cl-].[Cl-].[Zr+2]=[C](c1ccccc1)c1ccccc1.[Zr+2]=[C](c1ccccc1)c1ccccc1. The van der Waals surface area contributed by atoms with Crippen molar-refractivity contribution in [2.75, 3.05) is 0 Å². The van der Waals surface area contributed by atoms with Gasteiger partial charge in [-0.2, -0.15) is 22.3 Å².